The van der Waals surface area contributed by atoms with E-state index in [4.69, 9.17) is 0 Å². The summed E-state index contributed by atoms with van der Waals surface area (Å²) in [6, 6.07) is 19.7. The molecule has 26 heavy (non-hydrogen) atoms. The molecule has 0 fully saturated rings. The first-order valence-corrected chi connectivity index (χ1v) is 10.3. The lowest BCUT2D eigenvalue weighted by atomic mass is 10.2. The van der Waals surface area contributed by atoms with Crippen LogP contribution < -0.4 is 4.72 Å². The molecule has 136 valence electrons. The van der Waals surface area contributed by atoms with Crippen molar-refractivity contribution in [2.24, 2.45) is 0 Å². The molecule has 0 aliphatic carbocycles. The Morgan fingerprint density at radius 3 is 2.35 bits per heavy atom. The average Bonchev–Trinajstić information content (AvgIpc) is 2.87. The molecule has 3 aromatic rings. The maximum Gasteiger partial charge on any atom is 0.216 e. The van der Waals surface area contributed by atoms with Crippen molar-refractivity contribution in [2.75, 3.05) is 0 Å². The molecule has 2 aromatic carbocycles. The van der Waals surface area contributed by atoms with E-state index in [1.807, 2.05) is 81.4 Å². The minimum atomic E-state index is -3.39. The molecule has 0 saturated heterocycles. The SMILES string of the molecule is Cc1cccc(CS(=O)(=O)NCc2cc(C)n(-c3ccccc3)c2C)c1. The summed E-state index contributed by atoms with van der Waals surface area (Å²) < 4.78 is 29.8. The van der Waals surface area contributed by atoms with Gasteiger partial charge >= 0.3 is 0 Å². The fraction of sp³-hybridized carbons (Fsp3) is 0.238. The van der Waals surface area contributed by atoms with Crippen molar-refractivity contribution in [3.05, 3.63) is 88.7 Å². The first kappa shape index (κ1) is 18.4. The van der Waals surface area contributed by atoms with Crippen LogP contribution in [0.2, 0.25) is 0 Å². The zero-order valence-corrected chi connectivity index (χ0v) is 16.2. The van der Waals surface area contributed by atoms with Crippen molar-refractivity contribution in [2.45, 2.75) is 33.1 Å². The van der Waals surface area contributed by atoms with Crippen LogP contribution in [-0.2, 0) is 22.3 Å². The van der Waals surface area contributed by atoms with Crippen LogP contribution in [0.3, 0.4) is 0 Å². The van der Waals surface area contributed by atoms with E-state index in [2.05, 4.69) is 9.29 Å². The van der Waals surface area contributed by atoms with Crippen LogP contribution in [0.15, 0.2) is 60.7 Å². The molecule has 0 radical (unpaired) electrons. The molecular weight excluding hydrogens is 344 g/mol. The third-order valence-electron chi connectivity index (χ3n) is 4.47. The molecule has 3 rings (SSSR count). The van der Waals surface area contributed by atoms with E-state index in [1.165, 1.54) is 0 Å². The van der Waals surface area contributed by atoms with Gasteiger partial charge in [0.15, 0.2) is 0 Å². The summed E-state index contributed by atoms with van der Waals surface area (Å²) in [5.74, 6) is -0.00783. The Kier molecular flexibility index (Phi) is 5.30. The Hall–Kier alpha value is -2.37. The van der Waals surface area contributed by atoms with Crippen molar-refractivity contribution in [1.82, 2.24) is 9.29 Å². The molecule has 0 unspecified atom stereocenters. The van der Waals surface area contributed by atoms with Gasteiger partial charge in [-0.25, -0.2) is 13.1 Å². The van der Waals surface area contributed by atoms with Gasteiger partial charge in [-0.15, -0.1) is 0 Å². The molecule has 1 N–H and O–H groups in total. The second kappa shape index (κ2) is 7.48. The molecule has 0 spiro atoms. The van der Waals surface area contributed by atoms with Gasteiger partial charge in [0.2, 0.25) is 10.0 Å². The van der Waals surface area contributed by atoms with Crippen LogP contribution in [0.25, 0.3) is 5.69 Å². The molecule has 0 atom stereocenters. The highest BCUT2D eigenvalue weighted by atomic mass is 32.2. The summed E-state index contributed by atoms with van der Waals surface area (Å²) in [7, 11) is -3.39. The number of nitrogens with one attached hydrogen (secondary N) is 1. The predicted molar refractivity (Wildman–Crippen MR) is 106 cm³/mol. The van der Waals surface area contributed by atoms with Gasteiger partial charge in [-0.3, -0.25) is 0 Å². The van der Waals surface area contributed by atoms with Gasteiger partial charge in [0.1, 0.15) is 0 Å². The summed E-state index contributed by atoms with van der Waals surface area (Å²) in [5.41, 5.74) is 6.06. The smallest absolute Gasteiger partial charge is 0.216 e. The summed E-state index contributed by atoms with van der Waals surface area (Å²) in [4.78, 5) is 0. The van der Waals surface area contributed by atoms with Gasteiger partial charge in [0.05, 0.1) is 5.75 Å². The number of hydrogen-bond acceptors (Lipinski definition) is 2. The van der Waals surface area contributed by atoms with Gasteiger partial charge in [-0.05, 0) is 50.1 Å². The zero-order chi connectivity index (χ0) is 18.7. The van der Waals surface area contributed by atoms with E-state index in [0.717, 1.165) is 33.8 Å². The van der Waals surface area contributed by atoms with E-state index < -0.39 is 10.0 Å². The summed E-state index contributed by atoms with van der Waals surface area (Å²) in [6.07, 6.45) is 0. The molecule has 0 aliphatic rings. The topological polar surface area (TPSA) is 51.1 Å². The Labute approximate surface area is 155 Å². The minimum absolute atomic E-state index is 0.00783. The summed E-state index contributed by atoms with van der Waals surface area (Å²) >= 11 is 0. The van der Waals surface area contributed by atoms with Crippen molar-refractivity contribution in [3.8, 4) is 5.69 Å². The second-order valence-corrected chi connectivity index (χ2v) is 8.44. The first-order valence-electron chi connectivity index (χ1n) is 8.62. The molecule has 0 saturated carbocycles. The van der Waals surface area contributed by atoms with E-state index >= 15 is 0 Å². The van der Waals surface area contributed by atoms with Crippen LogP contribution in [0.5, 0.6) is 0 Å². The van der Waals surface area contributed by atoms with Crippen molar-refractivity contribution >= 4 is 10.0 Å². The summed E-state index contributed by atoms with van der Waals surface area (Å²) in [6.45, 7) is 6.30. The molecule has 1 aromatic heterocycles. The second-order valence-electron chi connectivity index (χ2n) is 6.64. The average molecular weight is 369 g/mol. The van der Waals surface area contributed by atoms with Crippen LogP contribution in [0.4, 0.5) is 0 Å². The number of benzene rings is 2. The quantitative estimate of drug-likeness (QED) is 0.714. The highest BCUT2D eigenvalue weighted by molar-refractivity contribution is 7.88. The number of hydrogen-bond donors (Lipinski definition) is 1. The van der Waals surface area contributed by atoms with Crippen LogP contribution in [0, 0.1) is 20.8 Å². The Morgan fingerprint density at radius 2 is 1.65 bits per heavy atom. The fourth-order valence-electron chi connectivity index (χ4n) is 3.24. The monoisotopic (exact) mass is 368 g/mol. The highest BCUT2D eigenvalue weighted by Crippen LogP contribution is 2.21. The lowest BCUT2D eigenvalue weighted by molar-refractivity contribution is 0.580. The molecule has 0 bridgehead atoms. The number of aromatic nitrogens is 1. The number of rotatable bonds is 6. The van der Waals surface area contributed by atoms with Gasteiger partial charge in [-0.2, -0.15) is 0 Å². The first-order chi connectivity index (χ1) is 12.4. The molecule has 1 heterocycles. The van der Waals surface area contributed by atoms with E-state index in [0.29, 0.717) is 6.54 Å². The maximum atomic E-state index is 12.4. The molecule has 4 nitrogen and oxygen atoms in total. The lowest BCUT2D eigenvalue weighted by Crippen LogP contribution is -2.25. The molecular formula is C21H24N2O2S. The lowest BCUT2D eigenvalue weighted by Gasteiger charge is -2.10. The number of nitrogens with zero attached hydrogens (tertiary/aromatic N) is 1. The predicted octanol–water partition coefficient (Wildman–Crippen LogP) is 4.02. The maximum absolute atomic E-state index is 12.4. The van der Waals surface area contributed by atoms with Crippen molar-refractivity contribution < 1.29 is 8.42 Å². The standard InChI is InChI=1S/C21H24N2O2S/c1-16-8-7-9-19(12-16)15-26(24,25)22-14-20-13-17(2)23(18(20)3)21-10-5-4-6-11-21/h4-13,22H,14-15H2,1-3H3. The fourth-order valence-corrected chi connectivity index (χ4v) is 4.34. The third-order valence-corrected chi connectivity index (χ3v) is 5.77. The van der Waals surface area contributed by atoms with Gasteiger partial charge in [0.25, 0.3) is 0 Å². The Bertz CT molecular complexity index is 1010. The van der Waals surface area contributed by atoms with E-state index in [-0.39, 0.29) is 5.75 Å². The number of para-hydroxylation sites is 1. The third kappa shape index (κ3) is 4.23. The largest absolute Gasteiger partial charge is 0.318 e. The Balaban J connectivity index is 1.76. The molecule has 0 amide bonds. The minimum Gasteiger partial charge on any atom is -0.318 e. The molecule has 5 heteroatoms. The molecule has 0 aliphatic heterocycles. The van der Waals surface area contributed by atoms with E-state index in [1.54, 1.807) is 0 Å². The highest BCUT2D eigenvalue weighted by Gasteiger charge is 2.15. The normalized spacial score (nSPS) is 11.7. The van der Waals surface area contributed by atoms with E-state index in [9.17, 15) is 8.42 Å². The zero-order valence-electron chi connectivity index (χ0n) is 15.4. The Morgan fingerprint density at radius 1 is 0.923 bits per heavy atom. The number of aryl methyl sites for hydroxylation is 2. The van der Waals surface area contributed by atoms with Crippen molar-refractivity contribution in [1.29, 1.82) is 0 Å². The van der Waals surface area contributed by atoms with Crippen LogP contribution in [-0.4, -0.2) is 13.0 Å². The van der Waals surface area contributed by atoms with Crippen LogP contribution >= 0.6 is 0 Å². The van der Waals surface area contributed by atoms with Crippen molar-refractivity contribution in [3.63, 3.8) is 0 Å². The summed E-state index contributed by atoms with van der Waals surface area (Å²) in [5, 5.41) is 0. The van der Waals surface area contributed by atoms with Gasteiger partial charge in [0, 0.05) is 23.6 Å². The van der Waals surface area contributed by atoms with Gasteiger partial charge < -0.3 is 4.57 Å². The van der Waals surface area contributed by atoms with Gasteiger partial charge in [-0.1, -0.05) is 48.0 Å². The number of sulfonamides is 1. The van der Waals surface area contributed by atoms with Crippen LogP contribution in [0.1, 0.15) is 28.1 Å².